The molecular formula is C20H22ClN3O7S. The highest BCUT2D eigenvalue weighted by Gasteiger charge is 2.30. The molecule has 3 rings (SSSR count). The van der Waals surface area contributed by atoms with Gasteiger partial charge in [-0.2, -0.15) is 4.31 Å². The fraction of sp³-hybridized carbons (Fsp3) is 0.350. The van der Waals surface area contributed by atoms with Crippen LogP contribution in [0.25, 0.3) is 0 Å². The van der Waals surface area contributed by atoms with Crippen LogP contribution in [-0.4, -0.2) is 74.2 Å². The van der Waals surface area contributed by atoms with Gasteiger partial charge in [-0.15, -0.1) is 0 Å². The van der Waals surface area contributed by atoms with Crippen LogP contribution in [0.2, 0.25) is 5.02 Å². The average molecular weight is 484 g/mol. The Hall–Kier alpha value is -2.89. The van der Waals surface area contributed by atoms with Gasteiger partial charge in [0.1, 0.15) is 6.04 Å². The molecule has 10 nitrogen and oxygen atoms in total. The Kier molecular flexibility index (Phi) is 7.54. The van der Waals surface area contributed by atoms with Crippen molar-refractivity contribution in [3.63, 3.8) is 0 Å². The lowest BCUT2D eigenvalue weighted by Crippen LogP contribution is -2.51. The van der Waals surface area contributed by atoms with Gasteiger partial charge >= 0.3 is 5.97 Å². The summed E-state index contributed by atoms with van der Waals surface area (Å²) in [5.41, 5.74) is 0. The van der Waals surface area contributed by atoms with E-state index in [0.717, 1.165) is 0 Å². The molecule has 1 atom stereocenters. The number of nitrogens with zero attached hydrogens (tertiary/aromatic N) is 2. The number of ether oxygens (including phenoxy) is 1. The third-order valence-electron chi connectivity index (χ3n) is 4.83. The van der Waals surface area contributed by atoms with E-state index in [4.69, 9.17) is 20.8 Å². The van der Waals surface area contributed by atoms with Crippen LogP contribution >= 0.6 is 11.6 Å². The number of esters is 1. The van der Waals surface area contributed by atoms with Gasteiger partial charge in [0.15, 0.2) is 12.4 Å². The molecule has 2 heterocycles. The molecule has 1 aliphatic heterocycles. The van der Waals surface area contributed by atoms with Gasteiger partial charge in [-0.05, 0) is 43.3 Å². The normalized spacial score (nSPS) is 15.8. The lowest BCUT2D eigenvalue weighted by molar-refractivity contribution is -0.153. The molecule has 0 saturated carbocycles. The summed E-state index contributed by atoms with van der Waals surface area (Å²) in [5.74, 6) is -1.76. The molecule has 1 saturated heterocycles. The van der Waals surface area contributed by atoms with Crippen molar-refractivity contribution < 1.29 is 32.0 Å². The molecule has 172 valence electrons. The highest BCUT2D eigenvalue weighted by molar-refractivity contribution is 7.89. The molecule has 1 aromatic heterocycles. The quantitative estimate of drug-likeness (QED) is 0.585. The van der Waals surface area contributed by atoms with Crippen molar-refractivity contribution >= 4 is 39.4 Å². The second kappa shape index (κ2) is 10.2. The zero-order valence-electron chi connectivity index (χ0n) is 17.2. The van der Waals surface area contributed by atoms with E-state index in [9.17, 15) is 22.8 Å². The minimum atomic E-state index is -3.69. The van der Waals surface area contributed by atoms with Crippen molar-refractivity contribution in [1.82, 2.24) is 14.5 Å². The van der Waals surface area contributed by atoms with Gasteiger partial charge in [0.05, 0.1) is 11.2 Å². The van der Waals surface area contributed by atoms with Gasteiger partial charge in [0.2, 0.25) is 10.0 Å². The number of nitrogens with one attached hydrogen (secondary N) is 1. The first-order chi connectivity index (χ1) is 15.2. The van der Waals surface area contributed by atoms with Crippen molar-refractivity contribution in [2.24, 2.45) is 0 Å². The summed E-state index contributed by atoms with van der Waals surface area (Å²) in [4.78, 5) is 37.9. The third-order valence-corrected chi connectivity index (χ3v) is 6.99. The Bertz CT molecular complexity index is 1060. The second-order valence-electron chi connectivity index (χ2n) is 7.02. The third kappa shape index (κ3) is 5.67. The van der Waals surface area contributed by atoms with E-state index in [1.807, 2.05) is 0 Å². The van der Waals surface area contributed by atoms with E-state index in [0.29, 0.717) is 5.02 Å². The van der Waals surface area contributed by atoms with Crippen LogP contribution in [0.3, 0.4) is 0 Å². The number of hydrogen-bond donors (Lipinski definition) is 1. The van der Waals surface area contributed by atoms with E-state index in [-0.39, 0.29) is 36.8 Å². The van der Waals surface area contributed by atoms with E-state index in [2.05, 4.69) is 5.32 Å². The van der Waals surface area contributed by atoms with Gasteiger partial charge in [-0.25, -0.2) is 13.2 Å². The predicted molar refractivity (Wildman–Crippen MR) is 113 cm³/mol. The smallest absolute Gasteiger partial charge is 0.328 e. The standard InChI is InChI=1S/C20H22ClN3O7S/c1-14(22-19(26)17-3-2-12-30-17)20(27)31-13-18(25)23-8-10-24(11-9-23)32(28,29)16-6-4-15(21)5-7-16/h2-7,12,14H,8-11,13H2,1H3,(H,22,26)/t14-/m1/s1. The number of piperazine rings is 1. The first-order valence-corrected chi connectivity index (χ1v) is 11.5. The Morgan fingerprint density at radius 3 is 2.38 bits per heavy atom. The van der Waals surface area contributed by atoms with E-state index in [1.165, 1.54) is 58.8 Å². The van der Waals surface area contributed by atoms with Crippen LogP contribution in [0, 0.1) is 0 Å². The summed E-state index contributed by atoms with van der Waals surface area (Å²) >= 11 is 5.81. The SMILES string of the molecule is C[C@@H](NC(=O)c1ccco1)C(=O)OCC(=O)N1CCN(S(=O)(=O)c2ccc(Cl)cc2)CC1. The molecule has 2 amide bonds. The Labute approximate surface area is 190 Å². The maximum absolute atomic E-state index is 12.7. The number of furan rings is 1. The molecule has 0 radical (unpaired) electrons. The molecule has 1 aliphatic rings. The van der Waals surface area contributed by atoms with E-state index in [1.54, 1.807) is 0 Å². The van der Waals surface area contributed by atoms with Crippen LogP contribution in [0.4, 0.5) is 0 Å². The van der Waals surface area contributed by atoms with Gasteiger partial charge in [0, 0.05) is 31.2 Å². The highest BCUT2D eigenvalue weighted by atomic mass is 35.5. The highest BCUT2D eigenvalue weighted by Crippen LogP contribution is 2.20. The van der Waals surface area contributed by atoms with E-state index >= 15 is 0 Å². The topological polar surface area (TPSA) is 126 Å². The van der Waals surface area contributed by atoms with Crippen LogP contribution in [0.15, 0.2) is 52.0 Å². The van der Waals surface area contributed by atoms with Gasteiger partial charge in [-0.1, -0.05) is 11.6 Å². The number of sulfonamides is 1. The maximum Gasteiger partial charge on any atom is 0.328 e. The summed E-state index contributed by atoms with van der Waals surface area (Å²) in [5, 5.41) is 2.85. The van der Waals surface area contributed by atoms with Gasteiger partial charge in [-0.3, -0.25) is 9.59 Å². The number of hydrogen-bond acceptors (Lipinski definition) is 7. The van der Waals surface area contributed by atoms with Crippen molar-refractivity contribution in [2.75, 3.05) is 32.8 Å². The number of rotatable bonds is 7. The lowest BCUT2D eigenvalue weighted by atomic mass is 10.3. The van der Waals surface area contributed by atoms with Gasteiger partial charge < -0.3 is 19.4 Å². The Morgan fingerprint density at radius 2 is 1.78 bits per heavy atom. The molecule has 1 aromatic carbocycles. The molecule has 2 aromatic rings. The molecule has 0 bridgehead atoms. The number of halogens is 1. The zero-order chi connectivity index (χ0) is 23.3. The van der Waals surface area contributed by atoms with Crippen LogP contribution in [0.5, 0.6) is 0 Å². The Morgan fingerprint density at radius 1 is 1.12 bits per heavy atom. The molecule has 1 fully saturated rings. The minimum absolute atomic E-state index is 0.0483. The molecule has 0 spiro atoms. The van der Waals surface area contributed by atoms with Gasteiger partial charge in [0.25, 0.3) is 11.8 Å². The van der Waals surface area contributed by atoms with Crippen molar-refractivity contribution in [3.8, 4) is 0 Å². The van der Waals surface area contributed by atoms with Crippen molar-refractivity contribution in [1.29, 1.82) is 0 Å². The molecule has 12 heteroatoms. The monoisotopic (exact) mass is 483 g/mol. The number of amides is 2. The first-order valence-electron chi connectivity index (χ1n) is 9.73. The summed E-state index contributed by atoms with van der Waals surface area (Å²) in [6, 6.07) is 7.87. The summed E-state index contributed by atoms with van der Waals surface area (Å²) < 4.78 is 36.6. The summed E-state index contributed by atoms with van der Waals surface area (Å²) in [7, 11) is -3.69. The molecule has 0 unspecified atom stereocenters. The molecular weight excluding hydrogens is 462 g/mol. The number of benzene rings is 1. The van der Waals surface area contributed by atoms with Crippen molar-refractivity contribution in [2.45, 2.75) is 17.9 Å². The fourth-order valence-corrected chi connectivity index (χ4v) is 4.57. The van der Waals surface area contributed by atoms with E-state index < -0.39 is 40.5 Å². The average Bonchev–Trinajstić information content (AvgIpc) is 3.32. The van der Waals surface area contributed by atoms with Crippen LogP contribution < -0.4 is 5.32 Å². The predicted octanol–water partition coefficient (Wildman–Crippen LogP) is 1.13. The number of carbonyl (C=O) groups excluding carboxylic acids is 3. The maximum atomic E-state index is 12.7. The molecule has 0 aliphatic carbocycles. The minimum Gasteiger partial charge on any atom is -0.459 e. The number of carbonyl (C=O) groups is 3. The second-order valence-corrected chi connectivity index (χ2v) is 9.39. The zero-order valence-corrected chi connectivity index (χ0v) is 18.8. The largest absolute Gasteiger partial charge is 0.459 e. The first kappa shape index (κ1) is 23.8. The molecule has 1 N–H and O–H groups in total. The summed E-state index contributed by atoms with van der Waals surface area (Å²) in [6.07, 6.45) is 1.33. The Balaban J connectivity index is 1.45. The fourth-order valence-electron chi connectivity index (χ4n) is 3.02. The summed E-state index contributed by atoms with van der Waals surface area (Å²) in [6.45, 7) is 1.46. The van der Waals surface area contributed by atoms with Crippen LogP contribution in [0.1, 0.15) is 17.5 Å². The van der Waals surface area contributed by atoms with Crippen LogP contribution in [-0.2, 0) is 24.3 Å². The molecule has 32 heavy (non-hydrogen) atoms. The lowest BCUT2D eigenvalue weighted by Gasteiger charge is -2.34. The van der Waals surface area contributed by atoms with Crippen molar-refractivity contribution in [3.05, 3.63) is 53.4 Å².